The van der Waals surface area contributed by atoms with Crippen molar-refractivity contribution in [3.8, 4) is 22.3 Å². The normalized spacial score (nSPS) is 12.5. The number of hydrogen-bond acceptors (Lipinski definition) is 6. The van der Waals surface area contributed by atoms with Gasteiger partial charge < -0.3 is 35.4 Å². The van der Waals surface area contributed by atoms with Gasteiger partial charge in [-0.2, -0.15) is 0 Å². The third kappa shape index (κ3) is 8.52. The molecule has 6 N–H and O–H groups in total. The molecule has 1 amide bonds. The van der Waals surface area contributed by atoms with Crippen molar-refractivity contribution in [2.45, 2.75) is 64.3 Å². The first-order valence-electron chi connectivity index (χ1n) is 15.3. The molecule has 4 aromatic rings. The van der Waals surface area contributed by atoms with Crippen LogP contribution in [0.1, 0.15) is 81.6 Å². The van der Waals surface area contributed by atoms with Crippen LogP contribution in [-0.2, 0) is 17.8 Å². The van der Waals surface area contributed by atoms with Gasteiger partial charge in [-0.05, 0) is 80.1 Å². The molecule has 11 nitrogen and oxygen atoms in total. The largest absolute Gasteiger partial charge is 0.481 e. The molecule has 48 heavy (non-hydrogen) atoms. The van der Waals surface area contributed by atoms with Gasteiger partial charge in [-0.1, -0.05) is 42.5 Å². The lowest BCUT2D eigenvalue weighted by Gasteiger charge is -2.20. The summed E-state index contributed by atoms with van der Waals surface area (Å²) >= 11 is 0. The molecule has 0 saturated heterocycles. The van der Waals surface area contributed by atoms with Crippen LogP contribution in [-0.4, -0.2) is 66.1 Å². The number of aliphatic hydroxyl groups is 2. The molecule has 0 saturated carbocycles. The van der Waals surface area contributed by atoms with Crippen LogP contribution < -0.4 is 5.32 Å². The van der Waals surface area contributed by atoms with Crippen LogP contribution in [0.4, 0.5) is 4.39 Å². The van der Waals surface area contributed by atoms with Crippen LogP contribution in [0.15, 0.2) is 72.8 Å². The number of nitrogens with zero attached hydrogens (tertiary/aromatic N) is 1. The number of aliphatic carboxylic acids is 1. The van der Waals surface area contributed by atoms with Crippen molar-refractivity contribution in [1.29, 1.82) is 0 Å². The molecule has 12 heteroatoms. The number of rotatable bonds is 15. The van der Waals surface area contributed by atoms with Crippen LogP contribution in [0.5, 0.6) is 0 Å². The van der Waals surface area contributed by atoms with Gasteiger partial charge in [0.15, 0.2) is 0 Å². The molecule has 0 aliphatic heterocycles. The molecule has 0 bridgehead atoms. The number of halogens is 1. The van der Waals surface area contributed by atoms with Gasteiger partial charge in [-0.15, -0.1) is 0 Å². The fourth-order valence-corrected chi connectivity index (χ4v) is 5.82. The lowest BCUT2D eigenvalue weighted by atomic mass is 9.92. The van der Waals surface area contributed by atoms with E-state index in [0.717, 1.165) is 6.07 Å². The maximum atomic E-state index is 14.2. The number of carbonyl (C=O) groups excluding carboxylic acids is 1. The standard InChI is InChI=1S/C36H37FN2O9/c1-20(2)39-29(13-12-27(40)17-28(41)18-30(42)43)31(23-8-10-26(37)11-9-23)32(22-6-4-3-5-7-22)33(39)34(44)38-19-21-14-24(35(45)46)16-25(15-21)36(47)48/h3-11,14-16,20,27-28,40-41H,12-13,17-19H2,1-2H3,(H,38,44)(H,42,43)(H,45,46)(H,47,48). The van der Waals surface area contributed by atoms with Crippen LogP contribution in [0.25, 0.3) is 22.3 Å². The van der Waals surface area contributed by atoms with Gasteiger partial charge in [0.1, 0.15) is 11.5 Å². The predicted molar refractivity (Wildman–Crippen MR) is 174 cm³/mol. The number of hydrogen-bond donors (Lipinski definition) is 6. The van der Waals surface area contributed by atoms with Crippen molar-refractivity contribution in [1.82, 2.24) is 9.88 Å². The zero-order chi connectivity index (χ0) is 35.1. The third-order valence-corrected chi connectivity index (χ3v) is 7.84. The zero-order valence-electron chi connectivity index (χ0n) is 26.4. The highest BCUT2D eigenvalue weighted by Gasteiger charge is 2.30. The minimum atomic E-state index is -1.32. The predicted octanol–water partition coefficient (Wildman–Crippen LogP) is 5.39. The number of carbonyl (C=O) groups is 4. The fourth-order valence-electron chi connectivity index (χ4n) is 5.82. The van der Waals surface area contributed by atoms with E-state index in [1.165, 1.54) is 24.3 Å². The van der Waals surface area contributed by atoms with Crippen molar-refractivity contribution in [3.05, 3.63) is 107 Å². The molecule has 2 unspecified atom stereocenters. The van der Waals surface area contributed by atoms with Crippen molar-refractivity contribution < 1.29 is 49.1 Å². The number of benzene rings is 3. The summed E-state index contributed by atoms with van der Waals surface area (Å²) in [6.07, 6.45) is -2.72. The molecule has 2 atom stereocenters. The highest BCUT2D eigenvalue weighted by molar-refractivity contribution is 6.05. The molecule has 252 valence electrons. The highest BCUT2D eigenvalue weighted by Crippen LogP contribution is 2.42. The smallest absolute Gasteiger partial charge is 0.335 e. The van der Waals surface area contributed by atoms with Gasteiger partial charge in [0.05, 0.1) is 29.8 Å². The minimum Gasteiger partial charge on any atom is -0.481 e. The Bertz CT molecular complexity index is 1770. The van der Waals surface area contributed by atoms with Gasteiger partial charge in [-0.3, -0.25) is 9.59 Å². The monoisotopic (exact) mass is 660 g/mol. The van der Waals surface area contributed by atoms with E-state index in [2.05, 4.69) is 5.32 Å². The number of nitrogens with one attached hydrogen (secondary N) is 1. The summed E-state index contributed by atoms with van der Waals surface area (Å²) in [5.74, 6) is -4.85. The van der Waals surface area contributed by atoms with E-state index in [-0.39, 0.29) is 54.2 Å². The third-order valence-electron chi connectivity index (χ3n) is 7.84. The molecular weight excluding hydrogens is 623 g/mol. The Labute approximate surface area is 275 Å². The van der Waals surface area contributed by atoms with E-state index >= 15 is 0 Å². The van der Waals surface area contributed by atoms with Crippen LogP contribution >= 0.6 is 0 Å². The van der Waals surface area contributed by atoms with Crippen LogP contribution in [0.3, 0.4) is 0 Å². The second-order valence-corrected chi connectivity index (χ2v) is 11.8. The average Bonchev–Trinajstić information content (AvgIpc) is 3.38. The molecule has 0 fully saturated rings. The SMILES string of the molecule is CC(C)n1c(CCC(O)CC(O)CC(=O)O)c(-c2ccc(F)cc2)c(-c2ccccc2)c1C(=O)NCc1cc(C(=O)O)cc(C(=O)O)c1. The Balaban J connectivity index is 1.86. The Morgan fingerprint density at radius 2 is 1.38 bits per heavy atom. The first kappa shape index (κ1) is 35.5. The Hall–Kier alpha value is -5.33. The summed E-state index contributed by atoms with van der Waals surface area (Å²) in [6.45, 7) is 3.54. The molecule has 1 heterocycles. The first-order chi connectivity index (χ1) is 22.8. The maximum absolute atomic E-state index is 14.2. The molecule has 4 rings (SSSR count). The lowest BCUT2D eigenvalue weighted by Crippen LogP contribution is -2.27. The van der Waals surface area contributed by atoms with Gasteiger partial charge in [-0.25, -0.2) is 14.0 Å². The number of carboxylic acid groups (broad SMARTS) is 3. The minimum absolute atomic E-state index is 0.108. The maximum Gasteiger partial charge on any atom is 0.335 e. The van der Waals surface area contributed by atoms with Gasteiger partial charge >= 0.3 is 17.9 Å². The topological polar surface area (TPSA) is 186 Å². The van der Waals surface area contributed by atoms with Gasteiger partial charge in [0, 0.05) is 29.4 Å². The molecular formula is C36H37FN2O9. The molecule has 0 spiro atoms. The second-order valence-electron chi connectivity index (χ2n) is 11.8. The second kappa shape index (κ2) is 15.5. The number of amides is 1. The van der Waals surface area contributed by atoms with E-state index in [4.69, 9.17) is 5.11 Å². The summed E-state index contributed by atoms with van der Waals surface area (Å²) in [5.41, 5.74) is 3.03. The Morgan fingerprint density at radius 3 is 1.92 bits per heavy atom. The van der Waals surface area contributed by atoms with Crippen molar-refractivity contribution >= 4 is 23.8 Å². The van der Waals surface area contributed by atoms with Gasteiger partial charge in [0.2, 0.25) is 0 Å². The van der Waals surface area contributed by atoms with Crippen LogP contribution in [0, 0.1) is 5.82 Å². The number of carboxylic acids is 3. The summed E-state index contributed by atoms with van der Waals surface area (Å²) < 4.78 is 15.9. The quantitative estimate of drug-likeness (QED) is 0.0973. The van der Waals surface area contributed by atoms with E-state index in [0.29, 0.717) is 27.9 Å². The van der Waals surface area contributed by atoms with Crippen LogP contribution in [0.2, 0.25) is 0 Å². The summed E-state index contributed by atoms with van der Waals surface area (Å²) in [5, 5.41) is 51.7. The Morgan fingerprint density at radius 1 is 0.792 bits per heavy atom. The highest BCUT2D eigenvalue weighted by atomic mass is 19.1. The van der Waals surface area contributed by atoms with E-state index in [9.17, 15) is 44.0 Å². The van der Waals surface area contributed by atoms with Crippen molar-refractivity contribution in [3.63, 3.8) is 0 Å². The van der Waals surface area contributed by atoms with E-state index in [1.54, 1.807) is 24.3 Å². The Kier molecular flexibility index (Phi) is 11.5. The number of aromatic carboxylic acids is 2. The summed E-state index contributed by atoms with van der Waals surface area (Å²) in [6, 6.07) is 18.1. The average molecular weight is 661 g/mol. The summed E-state index contributed by atoms with van der Waals surface area (Å²) in [7, 11) is 0. The van der Waals surface area contributed by atoms with E-state index in [1.807, 2.05) is 36.6 Å². The van der Waals surface area contributed by atoms with Crippen molar-refractivity contribution in [2.24, 2.45) is 0 Å². The lowest BCUT2D eigenvalue weighted by molar-refractivity contribution is -0.139. The van der Waals surface area contributed by atoms with Gasteiger partial charge in [0.25, 0.3) is 5.91 Å². The van der Waals surface area contributed by atoms with Crippen molar-refractivity contribution in [2.75, 3.05) is 0 Å². The molecule has 3 aromatic carbocycles. The number of aromatic nitrogens is 1. The number of aliphatic hydroxyl groups excluding tert-OH is 2. The molecule has 1 aromatic heterocycles. The fraction of sp³-hybridized carbons (Fsp3) is 0.278. The summed E-state index contributed by atoms with van der Waals surface area (Å²) in [4.78, 5) is 48.6. The molecule has 0 aliphatic rings. The first-order valence-corrected chi connectivity index (χ1v) is 15.3. The molecule has 0 radical (unpaired) electrons. The molecule has 0 aliphatic carbocycles. The van der Waals surface area contributed by atoms with E-state index < -0.39 is 48.3 Å². The zero-order valence-corrected chi connectivity index (χ0v) is 26.4.